The third-order valence-corrected chi connectivity index (χ3v) is 4.48. The quantitative estimate of drug-likeness (QED) is 0.692. The minimum atomic E-state index is -1.01. The number of carbonyl (C=O) groups is 2. The van der Waals surface area contributed by atoms with Crippen LogP contribution in [0.3, 0.4) is 0 Å². The van der Waals surface area contributed by atoms with Crippen LogP contribution in [0.25, 0.3) is 0 Å². The van der Waals surface area contributed by atoms with Crippen LogP contribution in [0.2, 0.25) is 0 Å². The molecule has 0 unspecified atom stereocenters. The highest BCUT2D eigenvalue weighted by atomic mass is 16.6. The first kappa shape index (κ1) is 15.6. The lowest BCUT2D eigenvalue weighted by atomic mass is 9.85. The monoisotopic (exact) mass is 294 g/mol. The Balaban J connectivity index is 1.98. The van der Waals surface area contributed by atoms with E-state index in [2.05, 4.69) is 6.07 Å². The highest BCUT2D eigenvalue weighted by molar-refractivity contribution is 5.85. The maximum Gasteiger partial charge on any atom is 0.410 e. The largest absolute Gasteiger partial charge is 0.468 e. The van der Waals surface area contributed by atoms with Crippen molar-refractivity contribution in [2.75, 3.05) is 20.2 Å². The van der Waals surface area contributed by atoms with E-state index in [0.29, 0.717) is 32.4 Å². The fourth-order valence-electron chi connectivity index (χ4n) is 3.18. The van der Waals surface area contributed by atoms with Crippen molar-refractivity contribution in [1.82, 2.24) is 4.90 Å². The topological polar surface area (TPSA) is 79.6 Å². The molecule has 0 aromatic carbocycles. The van der Waals surface area contributed by atoms with Gasteiger partial charge >= 0.3 is 12.1 Å². The number of amides is 1. The Bertz CT molecular complexity index is 495. The van der Waals surface area contributed by atoms with Crippen molar-refractivity contribution in [3.05, 3.63) is 0 Å². The van der Waals surface area contributed by atoms with E-state index in [1.807, 2.05) is 20.8 Å². The molecule has 2 rings (SSSR count). The number of rotatable bonds is 1. The molecule has 1 aliphatic heterocycles. The number of carbonyl (C=O) groups excluding carboxylic acids is 2. The number of esters is 1. The fourth-order valence-corrected chi connectivity index (χ4v) is 3.18. The van der Waals surface area contributed by atoms with Gasteiger partial charge in [-0.2, -0.15) is 5.26 Å². The normalized spacial score (nSPS) is 26.9. The van der Waals surface area contributed by atoms with Gasteiger partial charge in [0.25, 0.3) is 0 Å². The van der Waals surface area contributed by atoms with E-state index < -0.39 is 17.0 Å². The summed E-state index contributed by atoms with van der Waals surface area (Å²) in [5.74, 6) is -0.448. The Kier molecular flexibility index (Phi) is 3.64. The van der Waals surface area contributed by atoms with Crippen molar-refractivity contribution >= 4 is 12.1 Å². The zero-order valence-electron chi connectivity index (χ0n) is 13.1. The van der Waals surface area contributed by atoms with Crippen molar-refractivity contribution in [3.63, 3.8) is 0 Å². The van der Waals surface area contributed by atoms with Gasteiger partial charge in [0.05, 0.1) is 13.2 Å². The van der Waals surface area contributed by atoms with Crippen LogP contribution in [-0.2, 0) is 14.3 Å². The number of hydrogen-bond acceptors (Lipinski definition) is 5. The first-order valence-electron chi connectivity index (χ1n) is 7.17. The molecule has 1 saturated heterocycles. The number of piperidine rings is 1. The molecule has 6 heteroatoms. The van der Waals surface area contributed by atoms with E-state index in [9.17, 15) is 14.9 Å². The minimum Gasteiger partial charge on any atom is -0.468 e. The molecular weight excluding hydrogens is 272 g/mol. The zero-order chi connectivity index (χ0) is 15.9. The second-order valence-corrected chi connectivity index (χ2v) is 6.93. The molecule has 21 heavy (non-hydrogen) atoms. The lowest BCUT2D eigenvalue weighted by molar-refractivity contribution is -0.146. The van der Waals surface area contributed by atoms with Crippen LogP contribution in [0.5, 0.6) is 0 Å². The number of methoxy groups -OCH3 is 1. The summed E-state index contributed by atoms with van der Waals surface area (Å²) in [5, 5.41) is 9.35. The molecule has 2 aliphatic rings. The number of ether oxygens (including phenoxy) is 2. The van der Waals surface area contributed by atoms with Crippen LogP contribution >= 0.6 is 0 Å². The molecule has 1 heterocycles. The van der Waals surface area contributed by atoms with Gasteiger partial charge in [0.1, 0.15) is 5.60 Å². The van der Waals surface area contributed by atoms with E-state index in [4.69, 9.17) is 9.47 Å². The van der Waals surface area contributed by atoms with Gasteiger partial charge in [0, 0.05) is 18.5 Å². The smallest absolute Gasteiger partial charge is 0.410 e. The van der Waals surface area contributed by atoms with Crippen molar-refractivity contribution in [3.8, 4) is 6.07 Å². The van der Waals surface area contributed by atoms with E-state index in [0.717, 1.165) is 0 Å². The van der Waals surface area contributed by atoms with Crippen LogP contribution in [0.1, 0.15) is 40.0 Å². The van der Waals surface area contributed by atoms with Crippen molar-refractivity contribution in [2.45, 2.75) is 45.6 Å². The van der Waals surface area contributed by atoms with Gasteiger partial charge in [-0.3, -0.25) is 4.79 Å². The van der Waals surface area contributed by atoms with Gasteiger partial charge in [-0.25, -0.2) is 4.79 Å². The van der Waals surface area contributed by atoms with Crippen molar-refractivity contribution in [2.24, 2.45) is 10.8 Å². The molecule has 1 saturated carbocycles. The summed E-state index contributed by atoms with van der Waals surface area (Å²) in [5.41, 5.74) is -1.86. The maximum atomic E-state index is 12.0. The Morgan fingerprint density at radius 2 is 1.81 bits per heavy atom. The molecule has 1 spiro atoms. The molecule has 0 N–H and O–H groups in total. The Morgan fingerprint density at radius 1 is 1.24 bits per heavy atom. The average Bonchev–Trinajstić information content (AvgIpc) is 3.05. The molecule has 0 radical (unpaired) electrons. The summed E-state index contributed by atoms with van der Waals surface area (Å²) in [4.78, 5) is 25.5. The van der Waals surface area contributed by atoms with E-state index in [1.54, 1.807) is 4.90 Å². The Morgan fingerprint density at radius 3 is 2.24 bits per heavy atom. The standard InChI is InChI=1S/C15H22N2O4/c1-13(2,3)21-12(19)17-7-5-14(6-8-17)9-15(14,10-16)11(18)20-4/h5-9H2,1-4H3/t15-/m1/s1. The fraction of sp³-hybridized carbons (Fsp3) is 0.800. The van der Waals surface area contributed by atoms with E-state index >= 15 is 0 Å². The number of hydrogen-bond donors (Lipinski definition) is 0. The molecule has 1 atom stereocenters. The molecule has 0 aromatic rings. The van der Waals surface area contributed by atoms with Gasteiger partial charge in [-0.1, -0.05) is 0 Å². The maximum absolute atomic E-state index is 12.0. The molecule has 2 fully saturated rings. The first-order valence-corrected chi connectivity index (χ1v) is 7.17. The second kappa shape index (κ2) is 4.90. The minimum absolute atomic E-state index is 0.326. The summed E-state index contributed by atoms with van der Waals surface area (Å²) in [6.45, 7) is 6.50. The molecule has 1 amide bonds. The molecular formula is C15H22N2O4. The number of nitriles is 1. The second-order valence-electron chi connectivity index (χ2n) is 6.93. The molecule has 1 aliphatic carbocycles. The predicted octanol–water partition coefficient (Wildman–Crippen LogP) is 2.09. The highest BCUT2D eigenvalue weighted by Gasteiger charge is 2.73. The van der Waals surface area contributed by atoms with E-state index in [-0.39, 0.29) is 11.5 Å². The lowest BCUT2D eigenvalue weighted by Gasteiger charge is -2.34. The third-order valence-electron chi connectivity index (χ3n) is 4.48. The summed E-state index contributed by atoms with van der Waals surface area (Å²) >= 11 is 0. The zero-order valence-corrected chi connectivity index (χ0v) is 13.1. The number of nitrogens with zero attached hydrogens (tertiary/aromatic N) is 2. The Hall–Kier alpha value is -1.77. The van der Waals surface area contributed by atoms with Crippen LogP contribution in [0.15, 0.2) is 0 Å². The van der Waals surface area contributed by atoms with Gasteiger partial charge in [0.2, 0.25) is 0 Å². The van der Waals surface area contributed by atoms with Crippen LogP contribution in [0, 0.1) is 22.2 Å². The van der Waals surface area contributed by atoms with Gasteiger partial charge in [-0.15, -0.1) is 0 Å². The summed E-state index contributed by atoms with van der Waals surface area (Å²) in [6, 6.07) is 2.14. The van der Waals surface area contributed by atoms with Crippen molar-refractivity contribution in [1.29, 1.82) is 5.26 Å². The highest BCUT2D eigenvalue weighted by Crippen LogP contribution is 2.69. The van der Waals surface area contributed by atoms with E-state index in [1.165, 1.54) is 7.11 Å². The molecule has 0 aromatic heterocycles. The van der Waals surface area contributed by atoms with Crippen LogP contribution in [-0.4, -0.2) is 42.8 Å². The number of likely N-dealkylation sites (tertiary alicyclic amines) is 1. The first-order chi connectivity index (χ1) is 9.70. The summed E-state index contributed by atoms with van der Waals surface area (Å²) in [6.07, 6.45) is 1.47. The van der Waals surface area contributed by atoms with Gasteiger partial charge < -0.3 is 14.4 Å². The third kappa shape index (κ3) is 2.57. The van der Waals surface area contributed by atoms with Gasteiger partial charge in [-0.05, 0) is 40.0 Å². The Labute approximate surface area is 125 Å². The van der Waals surface area contributed by atoms with Gasteiger partial charge in [0.15, 0.2) is 5.41 Å². The molecule has 6 nitrogen and oxygen atoms in total. The molecule has 116 valence electrons. The van der Waals surface area contributed by atoms with Crippen LogP contribution < -0.4 is 0 Å². The average molecular weight is 294 g/mol. The summed E-state index contributed by atoms with van der Waals surface area (Å²) in [7, 11) is 1.31. The lowest BCUT2D eigenvalue weighted by Crippen LogP contribution is -2.43. The summed E-state index contributed by atoms with van der Waals surface area (Å²) < 4.78 is 10.1. The van der Waals surface area contributed by atoms with Crippen LogP contribution in [0.4, 0.5) is 4.79 Å². The molecule has 0 bridgehead atoms. The van der Waals surface area contributed by atoms with Crippen molar-refractivity contribution < 1.29 is 19.1 Å². The predicted molar refractivity (Wildman–Crippen MR) is 74.2 cm³/mol. The SMILES string of the molecule is COC(=O)[C@]1(C#N)CC12CCN(C(=O)OC(C)(C)C)CC2.